The fourth-order valence-corrected chi connectivity index (χ4v) is 2.81. The summed E-state index contributed by atoms with van der Waals surface area (Å²) < 4.78 is 55.1. The van der Waals surface area contributed by atoms with Gasteiger partial charge in [-0.05, 0) is 12.1 Å². The zero-order valence-corrected chi connectivity index (χ0v) is 11.9. The molecule has 1 heterocycles. The largest absolute Gasteiger partial charge is 0.391 e. The van der Waals surface area contributed by atoms with Crippen LogP contribution in [0.3, 0.4) is 0 Å². The number of benzene rings is 1. The monoisotopic (exact) mass is 317 g/mol. The molecule has 2 aromatic rings. The smallest absolute Gasteiger partial charge is 0.243 e. The molecule has 2 rings (SSSR count). The van der Waals surface area contributed by atoms with Crippen molar-refractivity contribution in [2.45, 2.75) is 18.0 Å². The molecular formula is C12H13F2N3O3S. The molecule has 9 heteroatoms. The Balaban J connectivity index is 2.30. The Hall–Kier alpha value is -1.84. The van der Waals surface area contributed by atoms with Gasteiger partial charge in [0.2, 0.25) is 10.0 Å². The van der Waals surface area contributed by atoms with Gasteiger partial charge in [0.15, 0.2) is 5.82 Å². The zero-order chi connectivity index (χ0) is 15.6. The summed E-state index contributed by atoms with van der Waals surface area (Å²) in [5.74, 6) is -1.87. The van der Waals surface area contributed by atoms with Crippen molar-refractivity contribution in [3.8, 4) is 0 Å². The van der Waals surface area contributed by atoms with Gasteiger partial charge in [-0.3, -0.25) is 0 Å². The van der Waals surface area contributed by atoms with Gasteiger partial charge in [-0.15, -0.1) is 0 Å². The maximum atomic E-state index is 13.9. The number of hydrogen-bond acceptors (Lipinski definition) is 4. The fourth-order valence-electron chi connectivity index (χ4n) is 1.73. The van der Waals surface area contributed by atoms with Gasteiger partial charge in [0.05, 0.1) is 18.7 Å². The van der Waals surface area contributed by atoms with E-state index in [0.29, 0.717) is 5.82 Å². The van der Waals surface area contributed by atoms with Gasteiger partial charge in [-0.2, -0.15) is 0 Å². The Morgan fingerprint density at radius 2 is 2.10 bits per heavy atom. The molecule has 0 bridgehead atoms. The van der Waals surface area contributed by atoms with Gasteiger partial charge in [0.1, 0.15) is 16.5 Å². The first kappa shape index (κ1) is 15.5. The number of hydrogen-bond donors (Lipinski definition) is 2. The normalized spacial score (nSPS) is 11.8. The van der Waals surface area contributed by atoms with E-state index in [-0.39, 0.29) is 6.54 Å². The topological polar surface area (TPSA) is 84.2 Å². The molecule has 0 fully saturated rings. The van der Waals surface area contributed by atoms with Crippen molar-refractivity contribution in [2.24, 2.45) is 7.05 Å². The molecule has 0 aliphatic rings. The summed E-state index contributed by atoms with van der Waals surface area (Å²) >= 11 is 0. The lowest BCUT2D eigenvalue weighted by Gasteiger charge is -2.10. The molecule has 0 saturated carbocycles. The molecule has 2 N–H and O–H groups in total. The van der Waals surface area contributed by atoms with Gasteiger partial charge >= 0.3 is 0 Å². The van der Waals surface area contributed by atoms with E-state index >= 15 is 0 Å². The van der Waals surface area contributed by atoms with Gasteiger partial charge in [-0.25, -0.2) is 26.9 Å². The number of aliphatic hydroxyl groups excluding tert-OH is 1. The molecule has 0 aliphatic heterocycles. The molecule has 21 heavy (non-hydrogen) atoms. The highest BCUT2D eigenvalue weighted by molar-refractivity contribution is 7.89. The first-order valence-electron chi connectivity index (χ1n) is 5.90. The van der Waals surface area contributed by atoms with Gasteiger partial charge in [-0.1, -0.05) is 0 Å². The SMILES string of the molecule is Cn1ccnc1CNS(=O)(=O)c1ccc(F)c(CO)c1F. The highest BCUT2D eigenvalue weighted by Gasteiger charge is 2.23. The summed E-state index contributed by atoms with van der Waals surface area (Å²) in [5.41, 5.74) is -0.685. The maximum absolute atomic E-state index is 13.9. The van der Waals surface area contributed by atoms with E-state index in [1.807, 2.05) is 0 Å². The van der Waals surface area contributed by atoms with Gasteiger partial charge < -0.3 is 9.67 Å². The molecule has 0 amide bonds. The number of aliphatic hydroxyl groups is 1. The van der Waals surface area contributed by atoms with Gasteiger partial charge in [0.25, 0.3) is 0 Å². The van der Waals surface area contributed by atoms with Crippen LogP contribution in [0.4, 0.5) is 8.78 Å². The first-order valence-corrected chi connectivity index (χ1v) is 7.38. The molecular weight excluding hydrogens is 304 g/mol. The van der Waals surface area contributed by atoms with Crippen LogP contribution in [0.2, 0.25) is 0 Å². The average Bonchev–Trinajstić information content (AvgIpc) is 2.82. The second-order valence-corrected chi connectivity index (χ2v) is 6.01. The van der Waals surface area contributed by atoms with Crippen LogP contribution in [0.25, 0.3) is 0 Å². The summed E-state index contributed by atoms with van der Waals surface area (Å²) in [6, 6.07) is 1.61. The maximum Gasteiger partial charge on any atom is 0.243 e. The Kier molecular flexibility index (Phi) is 4.35. The summed E-state index contributed by atoms with van der Waals surface area (Å²) in [6.07, 6.45) is 3.12. The molecule has 0 aliphatic carbocycles. The summed E-state index contributed by atoms with van der Waals surface area (Å²) in [6.45, 7) is -1.07. The number of halogens is 2. The van der Waals surface area contributed by atoms with E-state index in [4.69, 9.17) is 5.11 Å². The van der Waals surface area contributed by atoms with Crippen molar-refractivity contribution < 1.29 is 22.3 Å². The van der Waals surface area contributed by atoms with Crippen LogP contribution in [-0.4, -0.2) is 23.1 Å². The third-order valence-corrected chi connectivity index (χ3v) is 4.36. The van der Waals surface area contributed by atoms with E-state index < -0.39 is 38.7 Å². The van der Waals surface area contributed by atoms with E-state index in [9.17, 15) is 17.2 Å². The van der Waals surface area contributed by atoms with Crippen LogP contribution in [0.1, 0.15) is 11.4 Å². The van der Waals surface area contributed by atoms with E-state index in [0.717, 1.165) is 12.1 Å². The lowest BCUT2D eigenvalue weighted by Crippen LogP contribution is -2.26. The number of aryl methyl sites for hydroxylation is 1. The second kappa shape index (κ2) is 5.88. The minimum atomic E-state index is -4.19. The second-order valence-electron chi connectivity index (χ2n) is 4.28. The Morgan fingerprint density at radius 3 is 2.67 bits per heavy atom. The van der Waals surface area contributed by atoms with E-state index in [2.05, 4.69) is 9.71 Å². The molecule has 0 radical (unpaired) electrons. The van der Waals surface area contributed by atoms with E-state index in [1.165, 1.54) is 6.20 Å². The van der Waals surface area contributed by atoms with Crippen LogP contribution in [0.5, 0.6) is 0 Å². The number of rotatable bonds is 5. The molecule has 0 unspecified atom stereocenters. The standard InChI is InChI=1S/C12H13F2N3O3S/c1-17-5-4-15-11(17)6-16-21(19,20)10-3-2-9(13)8(7-18)12(10)14/h2-5,16,18H,6-7H2,1H3. The summed E-state index contributed by atoms with van der Waals surface area (Å²) in [5, 5.41) is 8.90. The molecule has 114 valence electrons. The van der Waals surface area contributed by atoms with Crippen LogP contribution < -0.4 is 4.72 Å². The molecule has 0 spiro atoms. The number of imidazole rings is 1. The molecule has 1 aromatic carbocycles. The quantitative estimate of drug-likeness (QED) is 0.849. The highest BCUT2D eigenvalue weighted by atomic mass is 32.2. The van der Waals surface area contributed by atoms with Crippen molar-refractivity contribution in [1.82, 2.24) is 14.3 Å². The van der Waals surface area contributed by atoms with Crippen LogP contribution in [0, 0.1) is 11.6 Å². The number of nitrogens with zero attached hydrogens (tertiary/aromatic N) is 2. The van der Waals surface area contributed by atoms with Crippen LogP contribution >= 0.6 is 0 Å². The van der Waals surface area contributed by atoms with Crippen molar-refractivity contribution >= 4 is 10.0 Å². The van der Waals surface area contributed by atoms with E-state index in [1.54, 1.807) is 17.8 Å². The average molecular weight is 317 g/mol. The number of sulfonamides is 1. The van der Waals surface area contributed by atoms with Crippen LogP contribution in [-0.2, 0) is 30.2 Å². The zero-order valence-electron chi connectivity index (χ0n) is 11.0. The molecule has 1 aromatic heterocycles. The van der Waals surface area contributed by atoms with Crippen molar-refractivity contribution in [3.63, 3.8) is 0 Å². The van der Waals surface area contributed by atoms with Crippen molar-refractivity contribution in [2.75, 3.05) is 0 Å². The number of nitrogens with one attached hydrogen (secondary N) is 1. The predicted octanol–water partition coefficient (Wildman–Crippen LogP) is 0.669. The number of aromatic nitrogens is 2. The highest BCUT2D eigenvalue weighted by Crippen LogP contribution is 2.21. The molecule has 6 nitrogen and oxygen atoms in total. The molecule has 0 saturated heterocycles. The molecule has 0 atom stereocenters. The van der Waals surface area contributed by atoms with Crippen LogP contribution in [0.15, 0.2) is 29.4 Å². The third kappa shape index (κ3) is 3.09. The Morgan fingerprint density at radius 1 is 1.38 bits per heavy atom. The lowest BCUT2D eigenvalue weighted by molar-refractivity contribution is 0.267. The summed E-state index contributed by atoms with van der Waals surface area (Å²) in [7, 11) is -2.51. The minimum absolute atomic E-state index is 0.142. The third-order valence-electron chi connectivity index (χ3n) is 2.94. The minimum Gasteiger partial charge on any atom is -0.391 e. The van der Waals surface area contributed by atoms with Crippen molar-refractivity contribution in [1.29, 1.82) is 0 Å². The first-order chi connectivity index (χ1) is 9.86. The predicted molar refractivity (Wildman–Crippen MR) is 69.5 cm³/mol. The lowest BCUT2D eigenvalue weighted by atomic mass is 10.2. The van der Waals surface area contributed by atoms with Gasteiger partial charge in [0, 0.05) is 19.4 Å². The Labute approximate surface area is 120 Å². The van der Waals surface area contributed by atoms with Crippen molar-refractivity contribution in [3.05, 3.63) is 47.5 Å². The fraction of sp³-hybridized carbons (Fsp3) is 0.250. The Bertz CT molecular complexity index is 759. The summed E-state index contributed by atoms with van der Waals surface area (Å²) in [4.78, 5) is 3.20.